The lowest BCUT2D eigenvalue weighted by Crippen LogP contribution is -2.59. The smallest absolute Gasteiger partial charge is 0.332 e. The van der Waals surface area contributed by atoms with E-state index in [1.54, 1.807) is 19.4 Å². The highest BCUT2D eigenvalue weighted by atomic mass is 19.1. The first-order chi connectivity index (χ1) is 14.3. The molecule has 0 bridgehead atoms. The number of carbonyl (C=O) groups excluding carboxylic acids is 1. The Bertz CT molecular complexity index is 1270. The maximum absolute atomic E-state index is 13.8. The predicted molar refractivity (Wildman–Crippen MR) is 108 cm³/mol. The monoisotopic (exact) mass is 408 g/mol. The number of alkyl halides is 1. The number of rotatable bonds is 2. The van der Waals surface area contributed by atoms with Crippen LogP contribution < -0.4 is 10.6 Å². The van der Waals surface area contributed by atoms with Crippen LogP contribution in [0.25, 0.3) is 5.65 Å². The Kier molecular flexibility index (Phi) is 3.33. The Morgan fingerprint density at radius 1 is 1.30 bits per heavy atom. The normalized spacial score (nSPS) is 23.7. The van der Waals surface area contributed by atoms with Crippen molar-refractivity contribution in [2.24, 2.45) is 13.0 Å². The van der Waals surface area contributed by atoms with Crippen molar-refractivity contribution < 1.29 is 9.18 Å². The van der Waals surface area contributed by atoms with Gasteiger partial charge in [0.25, 0.3) is 5.91 Å². The molecule has 3 aliphatic rings. The molecule has 0 spiro atoms. The minimum absolute atomic E-state index is 0.130. The summed E-state index contributed by atoms with van der Waals surface area (Å²) in [5, 5.41) is 4.28. The number of nitrogens with zero attached hydrogens (tertiary/aromatic N) is 6. The number of halogens is 1. The molecule has 5 heterocycles. The molecular weight excluding hydrogens is 387 g/mol. The van der Waals surface area contributed by atoms with Gasteiger partial charge in [-0.05, 0) is 42.9 Å². The minimum Gasteiger partial charge on any atom is -0.332 e. The number of aryl methyl sites for hydroxylation is 1. The van der Waals surface area contributed by atoms with Gasteiger partial charge >= 0.3 is 5.69 Å². The summed E-state index contributed by atoms with van der Waals surface area (Å²) >= 11 is 0. The van der Waals surface area contributed by atoms with E-state index in [9.17, 15) is 14.0 Å². The van der Waals surface area contributed by atoms with Crippen molar-refractivity contribution in [3.63, 3.8) is 0 Å². The number of fused-ring (bicyclic) bond motifs is 4. The van der Waals surface area contributed by atoms with Crippen molar-refractivity contribution in [2.45, 2.75) is 24.9 Å². The van der Waals surface area contributed by atoms with Gasteiger partial charge in [-0.2, -0.15) is 5.10 Å². The zero-order valence-electron chi connectivity index (χ0n) is 16.7. The molecule has 2 unspecified atom stereocenters. The number of aromatic nitrogens is 4. The van der Waals surface area contributed by atoms with Gasteiger partial charge < -0.3 is 9.80 Å². The molecule has 3 aromatic heterocycles. The molecule has 1 saturated carbocycles. The summed E-state index contributed by atoms with van der Waals surface area (Å²) in [6, 6.07) is 5.71. The van der Waals surface area contributed by atoms with Gasteiger partial charge in [0.05, 0.1) is 18.7 Å². The molecule has 0 radical (unpaired) electrons. The number of anilines is 2. The summed E-state index contributed by atoms with van der Waals surface area (Å²) < 4.78 is 16.6. The fraction of sp³-hybridized carbons (Fsp3) is 0.429. The standard InChI is InChI=1S/C21H21FN6O2/c1-21(22)10-26(11-21)19(29)12-5-16-15-6-13(15)9-28(18(16)23-8-12)14-3-4-27-17(7-14)24-25(2)20(27)30/h3-5,7-8,13,15H,6,9-11H2,1-2H3. The lowest BCUT2D eigenvalue weighted by Gasteiger charge is -2.42. The molecule has 6 rings (SSSR count). The van der Waals surface area contributed by atoms with Crippen molar-refractivity contribution in [1.29, 1.82) is 0 Å². The zero-order chi connectivity index (χ0) is 20.8. The first-order valence-electron chi connectivity index (χ1n) is 10.1. The van der Waals surface area contributed by atoms with Crippen LogP contribution in [0, 0.1) is 5.92 Å². The quantitative estimate of drug-likeness (QED) is 0.647. The van der Waals surface area contributed by atoms with E-state index in [2.05, 4.69) is 15.0 Å². The highest BCUT2D eigenvalue weighted by Crippen LogP contribution is 2.55. The minimum atomic E-state index is -1.29. The van der Waals surface area contributed by atoms with Crippen LogP contribution in [0.1, 0.15) is 35.2 Å². The molecule has 1 saturated heterocycles. The summed E-state index contributed by atoms with van der Waals surface area (Å²) in [5.41, 5.74) is 1.61. The van der Waals surface area contributed by atoms with Crippen LogP contribution in [-0.4, -0.2) is 55.3 Å². The third-order valence-corrected chi connectivity index (χ3v) is 6.43. The van der Waals surface area contributed by atoms with Gasteiger partial charge in [0, 0.05) is 37.7 Å². The van der Waals surface area contributed by atoms with Gasteiger partial charge in [-0.25, -0.2) is 18.9 Å². The molecule has 2 fully saturated rings. The fourth-order valence-corrected chi connectivity index (χ4v) is 4.78. The Balaban J connectivity index is 1.36. The van der Waals surface area contributed by atoms with Crippen LogP contribution in [0.3, 0.4) is 0 Å². The highest BCUT2D eigenvalue weighted by Gasteiger charge is 2.47. The second-order valence-corrected chi connectivity index (χ2v) is 8.94. The highest BCUT2D eigenvalue weighted by molar-refractivity contribution is 5.95. The second-order valence-electron chi connectivity index (χ2n) is 8.94. The van der Waals surface area contributed by atoms with E-state index < -0.39 is 5.67 Å². The SMILES string of the molecule is Cn1nc2cc(N3CC4CC4c4cc(C(=O)N5CC(C)(F)C5)cnc43)ccn2c1=O. The summed E-state index contributed by atoms with van der Waals surface area (Å²) in [6.07, 6.45) is 4.39. The Labute approximate surface area is 171 Å². The number of likely N-dealkylation sites (tertiary alicyclic amines) is 1. The number of amides is 1. The third-order valence-electron chi connectivity index (χ3n) is 6.43. The molecule has 9 heteroatoms. The first kappa shape index (κ1) is 17.6. The molecule has 154 valence electrons. The third kappa shape index (κ3) is 2.50. The van der Waals surface area contributed by atoms with Gasteiger partial charge in [-0.1, -0.05) is 0 Å². The van der Waals surface area contributed by atoms with Crippen molar-refractivity contribution in [2.75, 3.05) is 24.5 Å². The molecule has 30 heavy (non-hydrogen) atoms. The topological polar surface area (TPSA) is 75.7 Å². The van der Waals surface area contributed by atoms with Crippen LogP contribution in [0.5, 0.6) is 0 Å². The number of carbonyl (C=O) groups is 1. The van der Waals surface area contributed by atoms with E-state index in [4.69, 9.17) is 0 Å². The fourth-order valence-electron chi connectivity index (χ4n) is 4.78. The van der Waals surface area contributed by atoms with E-state index in [1.165, 1.54) is 20.9 Å². The number of hydrogen-bond donors (Lipinski definition) is 0. The van der Waals surface area contributed by atoms with Gasteiger partial charge in [0.2, 0.25) is 0 Å². The van der Waals surface area contributed by atoms with Crippen molar-refractivity contribution >= 4 is 23.1 Å². The zero-order valence-corrected chi connectivity index (χ0v) is 16.7. The molecule has 3 aromatic rings. The molecule has 1 aliphatic carbocycles. The molecule has 1 amide bonds. The van der Waals surface area contributed by atoms with E-state index >= 15 is 0 Å². The van der Waals surface area contributed by atoms with E-state index in [-0.39, 0.29) is 24.7 Å². The Hall–Kier alpha value is -3.23. The van der Waals surface area contributed by atoms with Crippen LogP contribution in [-0.2, 0) is 7.05 Å². The number of pyridine rings is 2. The molecule has 2 aliphatic heterocycles. The summed E-state index contributed by atoms with van der Waals surface area (Å²) in [4.78, 5) is 33.1. The van der Waals surface area contributed by atoms with E-state index in [0.717, 1.165) is 30.0 Å². The van der Waals surface area contributed by atoms with Gasteiger partial charge in [0.1, 0.15) is 11.5 Å². The van der Waals surface area contributed by atoms with Crippen molar-refractivity contribution in [3.05, 3.63) is 52.2 Å². The summed E-state index contributed by atoms with van der Waals surface area (Å²) in [5.74, 6) is 1.61. The molecule has 0 aromatic carbocycles. The summed E-state index contributed by atoms with van der Waals surface area (Å²) in [7, 11) is 1.63. The van der Waals surface area contributed by atoms with Crippen LogP contribution in [0.4, 0.5) is 15.9 Å². The van der Waals surface area contributed by atoms with Gasteiger partial charge in [-0.15, -0.1) is 0 Å². The van der Waals surface area contributed by atoms with E-state index in [0.29, 0.717) is 23.0 Å². The van der Waals surface area contributed by atoms with Crippen molar-refractivity contribution in [1.82, 2.24) is 24.1 Å². The average Bonchev–Trinajstić information content (AvgIpc) is 3.44. The molecule has 0 N–H and O–H groups in total. The Morgan fingerprint density at radius 3 is 2.87 bits per heavy atom. The number of hydrogen-bond acceptors (Lipinski definition) is 5. The maximum atomic E-state index is 13.8. The second kappa shape index (κ2) is 5.68. The average molecular weight is 408 g/mol. The van der Waals surface area contributed by atoms with Gasteiger partial charge in [-0.3, -0.25) is 9.20 Å². The van der Waals surface area contributed by atoms with Crippen LogP contribution >= 0.6 is 0 Å². The lowest BCUT2D eigenvalue weighted by atomic mass is 9.97. The maximum Gasteiger partial charge on any atom is 0.350 e. The first-order valence-corrected chi connectivity index (χ1v) is 10.1. The predicted octanol–water partition coefficient (Wildman–Crippen LogP) is 1.87. The van der Waals surface area contributed by atoms with Gasteiger partial charge in [0.15, 0.2) is 5.65 Å². The van der Waals surface area contributed by atoms with E-state index in [1.807, 2.05) is 18.2 Å². The van der Waals surface area contributed by atoms with Crippen molar-refractivity contribution in [3.8, 4) is 0 Å². The summed E-state index contributed by atoms with van der Waals surface area (Å²) in [6.45, 7) is 2.62. The molecular formula is C21H21FN6O2. The lowest BCUT2D eigenvalue weighted by molar-refractivity contribution is -0.00788. The molecule has 8 nitrogen and oxygen atoms in total. The molecule has 2 atom stereocenters. The van der Waals surface area contributed by atoms with Crippen LogP contribution in [0.15, 0.2) is 35.4 Å². The Morgan fingerprint density at radius 2 is 2.10 bits per heavy atom. The van der Waals surface area contributed by atoms with Crippen LogP contribution in [0.2, 0.25) is 0 Å². The largest absolute Gasteiger partial charge is 0.350 e.